The Hall–Kier alpha value is -7.98. The zero-order valence-electron chi connectivity index (χ0n) is 49.1. The Morgan fingerprint density at radius 1 is 0.307 bits per heavy atom. The van der Waals surface area contributed by atoms with Crippen LogP contribution >= 0.6 is 0 Å². The zero-order valence-corrected chi connectivity index (χ0v) is 49.1. The number of carbonyl (C=O) groups is 1. The SMILES string of the molecule is CC(C)(C)OO[C@]12C3=C4C5/C(=N/O)[C@]6(OOC(C)(C)C)c7c8c9c%10c(c1c1c%11c2c2c%12c%13c(c%14c%15c%16c(c6c6c7c7c9c9c%17c%10c1c1c%10c%11c%12c%11c%12c%13c%15c%13c%15c%16c6c6c7c9c7c(c1%17)c(c%11%10)c(c%12%13)c7c6%15)[C@]%145OOC(C)(C)C)[C@@]42O)[C@@]8(OOC(C)(C)C)C3=O. The van der Waals surface area contributed by atoms with Crippen molar-refractivity contribution in [3.63, 3.8) is 0 Å². The predicted molar refractivity (Wildman–Crippen MR) is 336 cm³/mol. The van der Waals surface area contributed by atoms with Gasteiger partial charge in [0.15, 0.2) is 16.8 Å². The van der Waals surface area contributed by atoms with Gasteiger partial charge < -0.3 is 10.3 Å². The van der Waals surface area contributed by atoms with Gasteiger partial charge in [0, 0.05) is 61.2 Å². The van der Waals surface area contributed by atoms with E-state index >= 15 is 9.90 Å². The number of ketones is 1. The van der Waals surface area contributed by atoms with E-state index in [1.54, 1.807) is 0 Å². The minimum atomic E-state index is -2.14. The number of Topliss-reactive ketones (excluding diaryl/α,β-unsaturated/α-hetero) is 1. The number of nitrogens with zero attached hydrogens (tertiary/aromatic N) is 1. The summed E-state index contributed by atoms with van der Waals surface area (Å²) >= 11 is 0. The Bertz CT molecular complexity index is 7380. The van der Waals surface area contributed by atoms with E-state index in [9.17, 15) is 5.21 Å². The lowest BCUT2D eigenvalue weighted by Gasteiger charge is -2.58. The van der Waals surface area contributed by atoms with E-state index in [1.807, 2.05) is 83.1 Å². The average molecular weight is 1140 g/mol. The Balaban J connectivity index is 1.08. The normalized spacial score (nSPS) is 28.4. The molecule has 12 heteroatoms. The van der Waals surface area contributed by atoms with Crippen LogP contribution in [0.3, 0.4) is 0 Å². The molecule has 21 aromatic rings. The molecular weight excluding hydrogens is 1100 g/mol. The van der Waals surface area contributed by atoms with Crippen LogP contribution in [-0.4, -0.2) is 44.2 Å². The zero-order chi connectivity index (χ0) is 57.6. The molecule has 2 N–H and O–H groups in total. The third-order valence-electron chi connectivity index (χ3n) is 25.7. The van der Waals surface area contributed by atoms with E-state index < -0.39 is 62.1 Å². The summed E-state index contributed by atoms with van der Waals surface area (Å²) < 4.78 is 0. The Labute approximate surface area is 490 Å². The van der Waals surface area contributed by atoms with E-state index in [0.717, 1.165) is 125 Å². The van der Waals surface area contributed by atoms with Crippen LogP contribution < -0.4 is 0 Å². The summed E-state index contributed by atoms with van der Waals surface area (Å²) in [5.74, 6) is -1.82. The second kappa shape index (κ2) is 9.94. The average Bonchev–Trinajstić information content (AvgIpc) is 1.38. The van der Waals surface area contributed by atoms with Crippen LogP contribution in [0, 0.1) is 5.92 Å². The fourth-order valence-electron chi connectivity index (χ4n) is 25.0. The minimum absolute atomic E-state index is 0.109. The van der Waals surface area contributed by atoms with Gasteiger partial charge in [0.1, 0.15) is 11.3 Å². The van der Waals surface area contributed by atoms with Gasteiger partial charge in [-0.1, -0.05) is 5.16 Å². The van der Waals surface area contributed by atoms with Gasteiger partial charge in [-0.3, -0.25) is 4.79 Å². The van der Waals surface area contributed by atoms with E-state index in [1.165, 1.54) is 118 Å². The fourth-order valence-corrected chi connectivity index (χ4v) is 25.0. The molecule has 12 nitrogen and oxygen atoms in total. The van der Waals surface area contributed by atoms with Crippen molar-refractivity contribution in [3.8, 4) is 0 Å². The van der Waals surface area contributed by atoms with Crippen molar-refractivity contribution in [1.29, 1.82) is 0 Å². The number of aliphatic hydroxyl groups is 1. The van der Waals surface area contributed by atoms with Gasteiger partial charge in [-0.25, -0.2) is 39.1 Å². The first-order valence-corrected chi connectivity index (χ1v) is 31.5. The maximum absolute atomic E-state index is 19.1. The smallest absolute Gasteiger partial charge is 0.218 e. The molecular formula is C76H39NO11. The molecule has 88 heavy (non-hydrogen) atoms. The Morgan fingerprint density at radius 2 is 0.534 bits per heavy atom. The number of hydrogen-bond donors (Lipinski definition) is 2. The molecule has 0 aliphatic heterocycles. The van der Waals surface area contributed by atoms with Crippen LogP contribution in [0.1, 0.15) is 139 Å². The van der Waals surface area contributed by atoms with Crippen LogP contribution in [0.2, 0.25) is 0 Å². The molecule has 21 aromatic carbocycles. The van der Waals surface area contributed by atoms with Gasteiger partial charge in [0.05, 0.1) is 28.3 Å². The molecule has 0 aromatic heterocycles. The molecule has 0 spiro atoms. The van der Waals surface area contributed by atoms with Gasteiger partial charge in [-0.05, 0) is 304 Å². The third kappa shape index (κ3) is 2.78. The van der Waals surface area contributed by atoms with E-state index in [4.69, 9.17) is 44.3 Å². The maximum atomic E-state index is 19.1. The van der Waals surface area contributed by atoms with Crippen molar-refractivity contribution in [1.82, 2.24) is 0 Å². The second-order valence-electron chi connectivity index (χ2n) is 33.4. The van der Waals surface area contributed by atoms with Crippen molar-refractivity contribution in [2.24, 2.45) is 11.1 Å². The number of hydrogen-bond acceptors (Lipinski definition) is 12. The summed E-state index contributed by atoms with van der Waals surface area (Å²) in [7, 11) is 0. The first-order chi connectivity index (χ1) is 42.0. The molecule has 0 radical (unpaired) electrons. The largest absolute Gasteiger partial charge is 0.411 e. The number of carbonyl (C=O) groups excluding carboxylic acids is 1. The van der Waals surface area contributed by atoms with Crippen molar-refractivity contribution in [3.05, 3.63) is 66.8 Å². The summed E-state index contributed by atoms with van der Waals surface area (Å²) in [5, 5.41) is 81.6. The van der Waals surface area contributed by atoms with Crippen LogP contribution in [0.5, 0.6) is 0 Å². The van der Waals surface area contributed by atoms with E-state index in [2.05, 4.69) is 0 Å². The topological polar surface area (TPSA) is 144 Å². The summed E-state index contributed by atoms with van der Waals surface area (Å²) in [6.45, 7) is 23.7. The molecule has 0 saturated heterocycles. The van der Waals surface area contributed by atoms with Gasteiger partial charge in [-0.15, -0.1) is 0 Å². The lowest BCUT2D eigenvalue weighted by molar-refractivity contribution is -0.411. The van der Waals surface area contributed by atoms with E-state index in [0.29, 0.717) is 27.8 Å². The molecule has 0 fully saturated rings. The van der Waals surface area contributed by atoms with Crippen molar-refractivity contribution in [2.45, 2.75) is 133 Å². The second-order valence-corrected chi connectivity index (χ2v) is 33.4. The van der Waals surface area contributed by atoms with Gasteiger partial charge in [-0.2, -0.15) is 0 Å². The number of fused-ring (bicyclic) bond motifs is 4. The molecule has 0 heterocycles. The monoisotopic (exact) mass is 1140 g/mol. The minimum Gasteiger partial charge on any atom is -0.411 e. The lowest BCUT2D eigenvalue weighted by atomic mass is 9.49. The molecule has 414 valence electrons. The van der Waals surface area contributed by atoms with Gasteiger partial charge in [0.25, 0.3) is 0 Å². The molecule has 0 saturated carbocycles. The third-order valence-corrected chi connectivity index (χ3v) is 25.7. The summed E-state index contributed by atoms with van der Waals surface area (Å²) in [5.41, 5.74) is -6.04. The van der Waals surface area contributed by atoms with Crippen molar-refractivity contribution in [2.75, 3.05) is 0 Å². The summed E-state index contributed by atoms with van der Waals surface area (Å²) in [6.07, 6.45) is 0. The van der Waals surface area contributed by atoms with Gasteiger partial charge >= 0.3 is 0 Å². The highest BCUT2D eigenvalue weighted by Gasteiger charge is 2.83. The highest BCUT2D eigenvalue weighted by molar-refractivity contribution is 6.77. The predicted octanol–water partition coefficient (Wildman–Crippen LogP) is 16.8. The van der Waals surface area contributed by atoms with Crippen LogP contribution in [0.4, 0.5) is 0 Å². The molecule has 1 unspecified atom stereocenters. The standard InChI is InChI=1S/C76H39NO11/c1-68(2,3)81-85-73-55-45-35-25-18-13-14-16-17-15(13)20-27(25)37-39-29(20)30-22(17)32-31-21(16)28-26-19(14)24-23(18)33(35)43-44-34(24)36(26)46-48-38(28)41(31)51-52-42(32)40(30)50-49(39)59(57(73)47(37)45)75(87-83-70(7,8)9)60(50)62(52)76(88-84-71(10,11)12)61(51)58(48)74(86-82-69(4,5)6)56(46)54(44)72(79,53(43)55)63(65(74)67(76)78)64(73)66(75)77-80/h64,79-80H,1-12H3/b77-66-/t64?,72-,73+,74-,75+,76-/m0/s1. The highest BCUT2D eigenvalue weighted by atomic mass is 17.2. The molecule has 9 aliphatic rings. The van der Waals surface area contributed by atoms with Gasteiger partial charge in [0.2, 0.25) is 11.4 Å². The van der Waals surface area contributed by atoms with Crippen LogP contribution in [0.15, 0.2) is 16.3 Å². The Morgan fingerprint density at radius 3 is 0.875 bits per heavy atom. The molecule has 6 atom stereocenters. The summed E-state index contributed by atoms with van der Waals surface area (Å²) in [4.78, 5) is 79.1. The first kappa shape index (κ1) is 42.0. The van der Waals surface area contributed by atoms with Crippen molar-refractivity contribution >= 4 is 227 Å². The summed E-state index contributed by atoms with van der Waals surface area (Å²) in [6, 6.07) is 0. The lowest BCUT2D eigenvalue weighted by Crippen LogP contribution is -2.64. The first-order valence-electron chi connectivity index (χ1n) is 31.5. The highest BCUT2D eigenvalue weighted by Crippen LogP contribution is 2.87. The molecule has 0 amide bonds. The fraction of sp³-hybridized carbons (Fsp3) is 0.289. The van der Waals surface area contributed by atoms with Crippen LogP contribution in [0.25, 0.3) is 215 Å². The maximum Gasteiger partial charge on any atom is 0.218 e. The molecule has 0 bridgehead atoms. The number of benzene rings is 15. The van der Waals surface area contributed by atoms with Crippen LogP contribution in [-0.2, 0) is 71.9 Å². The molecule has 9 aliphatic carbocycles. The number of rotatable bonds is 8. The number of oxime groups is 1. The van der Waals surface area contributed by atoms with E-state index in [-0.39, 0.29) is 16.9 Å². The quantitative estimate of drug-likeness (QED) is 0.0649. The molecule has 30 rings (SSSR count). The van der Waals surface area contributed by atoms with Crippen molar-refractivity contribution < 1.29 is 54.2 Å². The Kier molecular flexibility index (Phi) is 4.75.